The van der Waals surface area contributed by atoms with Gasteiger partial charge in [-0.1, -0.05) is 17.7 Å². The largest absolute Gasteiger partial charge is 0.595 e. The Morgan fingerprint density at radius 2 is 2.04 bits per heavy atom. The molecule has 5 N–H and O–H groups in total. The van der Waals surface area contributed by atoms with Gasteiger partial charge >= 0.3 is 0 Å². The summed E-state index contributed by atoms with van der Waals surface area (Å²) in [6, 6.07) is 3.87. The fourth-order valence-corrected chi connectivity index (χ4v) is 2.63. The molecule has 0 radical (unpaired) electrons. The van der Waals surface area contributed by atoms with E-state index in [1.807, 2.05) is 19.9 Å². The van der Waals surface area contributed by atoms with Crippen LogP contribution in [0.5, 0.6) is 0 Å². The average molecular weight is 334 g/mol. The molecular formula is C16H22N4O4. The number of benzene rings is 1. The molecule has 8 nitrogen and oxygen atoms in total. The molecule has 0 heterocycles. The summed E-state index contributed by atoms with van der Waals surface area (Å²) >= 11 is 0. The van der Waals surface area contributed by atoms with Crippen molar-refractivity contribution in [3.63, 3.8) is 0 Å². The van der Waals surface area contributed by atoms with Crippen LogP contribution >= 0.6 is 0 Å². The summed E-state index contributed by atoms with van der Waals surface area (Å²) < 4.78 is 0. The average Bonchev–Trinajstić information content (AvgIpc) is 2.52. The van der Waals surface area contributed by atoms with Gasteiger partial charge in [-0.2, -0.15) is 15.6 Å². The van der Waals surface area contributed by atoms with E-state index in [9.17, 15) is 15.6 Å². The van der Waals surface area contributed by atoms with Gasteiger partial charge in [0.25, 0.3) is 0 Å². The van der Waals surface area contributed by atoms with Crippen LogP contribution < -0.4 is 15.9 Å². The second-order valence-corrected chi connectivity index (χ2v) is 5.95. The first-order valence-electron chi connectivity index (χ1n) is 7.56. The van der Waals surface area contributed by atoms with Crippen molar-refractivity contribution in [1.82, 2.24) is 0 Å². The molecule has 130 valence electrons. The van der Waals surface area contributed by atoms with Crippen molar-refractivity contribution in [2.75, 3.05) is 5.43 Å². The normalized spacial score (nSPS) is 22.0. The van der Waals surface area contributed by atoms with E-state index in [0.717, 1.165) is 30.2 Å². The lowest BCUT2D eigenvalue weighted by atomic mass is 9.84. The Morgan fingerprint density at radius 1 is 1.33 bits per heavy atom. The monoisotopic (exact) mass is 334 g/mol. The molecular weight excluding hydrogens is 312 g/mol. The molecule has 0 amide bonds. The highest BCUT2D eigenvalue weighted by atomic mass is 16.8. The molecule has 24 heavy (non-hydrogen) atoms. The zero-order chi connectivity index (χ0) is 17.9. The van der Waals surface area contributed by atoms with Crippen LogP contribution in [0.15, 0.2) is 47.1 Å². The van der Waals surface area contributed by atoms with Gasteiger partial charge in [0.1, 0.15) is 5.69 Å². The van der Waals surface area contributed by atoms with Crippen molar-refractivity contribution >= 4 is 22.8 Å². The summed E-state index contributed by atoms with van der Waals surface area (Å²) in [5.41, 5.74) is 5.79. The zero-order valence-corrected chi connectivity index (χ0v) is 13.7. The minimum Gasteiger partial charge on any atom is -0.595 e. The van der Waals surface area contributed by atoms with Gasteiger partial charge in [-0.15, -0.1) is 0 Å². The zero-order valence-electron chi connectivity index (χ0n) is 13.7. The van der Waals surface area contributed by atoms with Crippen LogP contribution in [-0.4, -0.2) is 16.1 Å². The van der Waals surface area contributed by atoms with Crippen LogP contribution in [0.1, 0.15) is 26.7 Å². The molecule has 0 aliphatic heterocycles. The van der Waals surface area contributed by atoms with Gasteiger partial charge in [0.05, 0.1) is 11.8 Å². The van der Waals surface area contributed by atoms with Crippen LogP contribution in [0.2, 0.25) is 0 Å². The lowest BCUT2D eigenvalue weighted by Gasteiger charge is -2.23. The third-order valence-corrected chi connectivity index (χ3v) is 3.98. The van der Waals surface area contributed by atoms with Gasteiger partial charge in [-0.05, 0) is 38.8 Å². The Morgan fingerprint density at radius 3 is 2.62 bits per heavy atom. The van der Waals surface area contributed by atoms with Crippen molar-refractivity contribution in [1.29, 1.82) is 0 Å². The smallest absolute Gasteiger partial charge is 0.195 e. The highest BCUT2D eigenvalue weighted by Gasteiger charge is 2.20. The summed E-state index contributed by atoms with van der Waals surface area (Å²) in [6.07, 6.45) is 3.87. The minimum atomic E-state index is -1.22. The Labute approximate surface area is 140 Å². The number of hydrogen-bond donors (Lipinski definition) is 5. The van der Waals surface area contributed by atoms with Crippen molar-refractivity contribution < 1.29 is 20.9 Å². The van der Waals surface area contributed by atoms with E-state index >= 15 is 0 Å². The van der Waals surface area contributed by atoms with Gasteiger partial charge in [-0.25, -0.2) is 10.4 Å². The van der Waals surface area contributed by atoms with Gasteiger partial charge in [-0.3, -0.25) is 5.43 Å². The van der Waals surface area contributed by atoms with Gasteiger partial charge < -0.3 is 10.4 Å². The quantitative estimate of drug-likeness (QED) is 0.409. The molecule has 0 aromatic heterocycles. The van der Waals surface area contributed by atoms with Gasteiger partial charge in [0, 0.05) is 12.0 Å². The number of anilines is 1. The summed E-state index contributed by atoms with van der Waals surface area (Å²) in [5, 5.41) is 42.6. The van der Waals surface area contributed by atoms with E-state index in [1.165, 1.54) is 17.7 Å². The van der Waals surface area contributed by atoms with E-state index in [0.29, 0.717) is 0 Å². The number of allylic oxidation sites excluding steroid dienone is 3. The molecule has 0 bridgehead atoms. The van der Waals surface area contributed by atoms with Crippen molar-refractivity contribution in [3.05, 3.63) is 52.4 Å². The maximum atomic E-state index is 11.4. The van der Waals surface area contributed by atoms with Crippen LogP contribution in [0.3, 0.4) is 0 Å². The Hall–Kier alpha value is -2.07. The van der Waals surface area contributed by atoms with E-state index in [1.54, 1.807) is 0 Å². The van der Waals surface area contributed by atoms with Gasteiger partial charge in [0.15, 0.2) is 11.4 Å². The van der Waals surface area contributed by atoms with Crippen LogP contribution in [0.4, 0.5) is 17.1 Å². The minimum absolute atomic E-state index is 0.0844. The number of rotatable bonds is 5. The maximum absolute atomic E-state index is 11.4. The predicted octanol–water partition coefficient (Wildman–Crippen LogP) is 1.19. The summed E-state index contributed by atoms with van der Waals surface area (Å²) in [5.74, 6) is 0.118. The molecule has 1 aliphatic rings. The molecule has 8 heteroatoms. The van der Waals surface area contributed by atoms with Crippen molar-refractivity contribution in [2.45, 2.75) is 26.7 Å². The lowest BCUT2D eigenvalue weighted by molar-refractivity contribution is -0.996. The number of hydrazone groups is 1. The fourth-order valence-electron chi connectivity index (χ4n) is 2.63. The van der Waals surface area contributed by atoms with Crippen molar-refractivity contribution in [2.24, 2.45) is 11.0 Å². The number of quaternary nitrogens is 2. The first kappa shape index (κ1) is 18.3. The number of nitrogens with one attached hydrogen (secondary N) is 3. The molecule has 0 fully saturated rings. The highest BCUT2D eigenvalue weighted by molar-refractivity contribution is 6.00. The molecule has 0 saturated carbocycles. The lowest BCUT2D eigenvalue weighted by Crippen LogP contribution is -3.00. The summed E-state index contributed by atoms with van der Waals surface area (Å²) in [4.78, 5) is 0. The van der Waals surface area contributed by atoms with Crippen LogP contribution in [0, 0.1) is 16.3 Å². The van der Waals surface area contributed by atoms with Crippen LogP contribution in [0.25, 0.3) is 0 Å². The van der Waals surface area contributed by atoms with Crippen LogP contribution in [-0.2, 0) is 0 Å². The second kappa shape index (κ2) is 7.67. The summed E-state index contributed by atoms with van der Waals surface area (Å²) in [6.45, 7) is 7.95. The van der Waals surface area contributed by atoms with Gasteiger partial charge in [0.2, 0.25) is 0 Å². The maximum Gasteiger partial charge on any atom is 0.195 e. The molecule has 1 aromatic rings. The summed E-state index contributed by atoms with van der Waals surface area (Å²) in [7, 11) is 0. The molecule has 2 unspecified atom stereocenters. The number of nitrogens with zero attached hydrogens (tertiary/aromatic N) is 1. The van der Waals surface area contributed by atoms with E-state index in [-0.39, 0.29) is 23.0 Å². The molecule has 0 saturated heterocycles. The third-order valence-electron chi connectivity index (χ3n) is 3.98. The standard InChI is InChI=1S/C16H22N4O4/c1-10(2)13-6-4-11(3)8-15(13)18-17-14-7-5-12(19(21)22)9-16(14)20(23)24/h5,7-9,13,17,19-21,23H,1,4,6H2,2-3H3/t13-/m1/s1. The SMILES string of the molecule is C=C(C)[C@H]1CCC(C)=CC1=NNc1ccc([NH+]([O-])O)cc1[NH+]([O-])O. The Balaban J connectivity index is 2.32. The highest BCUT2D eigenvalue weighted by Crippen LogP contribution is 2.27. The third kappa shape index (κ3) is 4.26. The number of hydrogen-bond acceptors (Lipinski definition) is 6. The topological polar surface area (TPSA) is 120 Å². The van der Waals surface area contributed by atoms with Crippen molar-refractivity contribution in [3.8, 4) is 0 Å². The first-order chi connectivity index (χ1) is 11.3. The van der Waals surface area contributed by atoms with E-state index in [4.69, 9.17) is 5.21 Å². The molecule has 0 spiro atoms. The molecule has 3 atom stereocenters. The molecule has 1 aliphatic carbocycles. The fraction of sp³-hybridized carbons (Fsp3) is 0.312. The Kier molecular flexibility index (Phi) is 5.84. The molecule has 2 rings (SSSR count). The van der Waals surface area contributed by atoms with E-state index < -0.39 is 10.5 Å². The molecule has 1 aromatic carbocycles. The first-order valence-corrected chi connectivity index (χ1v) is 7.56. The second-order valence-electron chi connectivity index (χ2n) is 5.95. The predicted molar refractivity (Wildman–Crippen MR) is 90.3 cm³/mol. The van der Waals surface area contributed by atoms with E-state index in [2.05, 4.69) is 17.1 Å². The Bertz CT molecular complexity index is 683.